The van der Waals surface area contributed by atoms with Crippen molar-refractivity contribution in [1.82, 2.24) is 5.43 Å². The van der Waals surface area contributed by atoms with Crippen molar-refractivity contribution in [3.05, 3.63) is 21.9 Å². The van der Waals surface area contributed by atoms with Gasteiger partial charge in [-0.15, -0.1) is 11.3 Å². The van der Waals surface area contributed by atoms with Gasteiger partial charge in [-0.2, -0.15) is 5.10 Å². The molecule has 0 fully saturated rings. The summed E-state index contributed by atoms with van der Waals surface area (Å²) in [5, 5.41) is 4.09. The van der Waals surface area contributed by atoms with Gasteiger partial charge in [0.05, 0.1) is 10.6 Å². The van der Waals surface area contributed by atoms with Gasteiger partial charge in [0.2, 0.25) is 5.91 Å². The van der Waals surface area contributed by atoms with Gasteiger partial charge < -0.3 is 0 Å². The number of thiophene rings is 1. The molecule has 1 aromatic rings. The molecule has 0 saturated carbocycles. The molecule has 0 atom stereocenters. The van der Waals surface area contributed by atoms with Crippen LogP contribution in [0.1, 0.15) is 42.9 Å². The maximum atomic E-state index is 11.3. The van der Waals surface area contributed by atoms with Crippen LogP contribution in [-0.4, -0.2) is 11.6 Å². The van der Waals surface area contributed by atoms with Gasteiger partial charge in [-0.05, 0) is 32.4 Å². The Morgan fingerprint density at radius 2 is 2.25 bits per heavy atom. The number of unbranched alkanes of at least 4 members (excludes halogenated alkanes) is 1. The summed E-state index contributed by atoms with van der Waals surface area (Å²) >= 11 is 1.68. The van der Waals surface area contributed by atoms with E-state index >= 15 is 0 Å². The summed E-state index contributed by atoms with van der Waals surface area (Å²) in [6, 6.07) is 4.08. The van der Waals surface area contributed by atoms with Gasteiger partial charge in [-0.1, -0.05) is 13.3 Å². The van der Waals surface area contributed by atoms with Gasteiger partial charge in [0.25, 0.3) is 0 Å². The van der Waals surface area contributed by atoms with Crippen molar-refractivity contribution in [2.24, 2.45) is 5.10 Å². The second-order valence-electron chi connectivity index (χ2n) is 3.75. The monoisotopic (exact) mass is 238 g/mol. The molecule has 1 amide bonds. The Morgan fingerprint density at radius 3 is 2.81 bits per heavy atom. The van der Waals surface area contributed by atoms with Crippen molar-refractivity contribution in [2.75, 3.05) is 0 Å². The minimum absolute atomic E-state index is 0.00511. The number of hydrazone groups is 1. The van der Waals surface area contributed by atoms with Gasteiger partial charge in [-0.25, -0.2) is 5.43 Å². The number of aryl methyl sites for hydroxylation is 1. The average molecular weight is 238 g/mol. The lowest BCUT2D eigenvalue weighted by Gasteiger charge is -2.00. The average Bonchev–Trinajstić information content (AvgIpc) is 2.69. The molecular weight excluding hydrogens is 220 g/mol. The Hall–Kier alpha value is -1.16. The second-order valence-corrected chi connectivity index (χ2v) is 5.03. The Kier molecular flexibility index (Phi) is 5.19. The van der Waals surface area contributed by atoms with Crippen LogP contribution in [0.15, 0.2) is 17.2 Å². The Balaban J connectivity index is 2.48. The first-order valence-corrected chi connectivity index (χ1v) is 6.35. The van der Waals surface area contributed by atoms with Crippen LogP contribution < -0.4 is 5.43 Å². The Morgan fingerprint density at radius 1 is 1.50 bits per heavy atom. The van der Waals surface area contributed by atoms with Crippen molar-refractivity contribution < 1.29 is 4.79 Å². The SMILES string of the molecule is CCCCC(=O)NN=C(C)c1ccc(C)s1. The lowest BCUT2D eigenvalue weighted by atomic mass is 10.2. The van der Waals surface area contributed by atoms with E-state index in [1.165, 1.54) is 4.88 Å². The van der Waals surface area contributed by atoms with Gasteiger partial charge >= 0.3 is 0 Å². The molecule has 0 radical (unpaired) electrons. The molecule has 0 bridgehead atoms. The largest absolute Gasteiger partial charge is 0.273 e. The van der Waals surface area contributed by atoms with Gasteiger partial charge in [0.15, 0.2) is 0 Å². The minimum atomic E-state index is -0.00511. The first kappa shape index (κ1) is 12.9. The normalized spacial score (nSPS) is 11.6. The number of rotatable bonds is 5. The molecule has 0 aliphatic rings. The van der Waals surface area contributed by atoms with Crippen LogP contribution >= 0.6 is 11.3 Å². The van der Waals surface area contributed by atoms with Crippen LogP contribution in [0, 0.1) is 6.92 Å². The molecule has 16 heavy (non-hydrogen) atoms. The Bertz CT molecular complexity index is 382. The Labute approximate surface area is 101 Å². The smallest absolute Gasteiger partial charge is 0.240 e. The van der Waals surface area contributed by atoms with Crippen LogP contribution in [0.4, 0.5) is 0 Å². The standard InChI is InChI=1S/C12H18N2OS/c1-4-5-6-12(15)14-13-10(3)11-8-7-9(2)16-11/h7-8H,4-6H2,1-3H3,(H,14,15). The summed E-state index contributed by atoms with van der Waals surface area (Å²) in [7, 11) is 0. The highest BCUT2D eigenvalue weighted by atomic mass is 32.1. The van der Waals surface area contributed by atoms with E-state index in [1.807, 2.05) is 13.0 Å². The third-order valence-corrected chi connectivity index (χ3v) is 3.31. The highest BCUT2D eigenvalue weighted by Crippen LogP contribution is 2.15. The zero-order valence-corrected chi connectivity index (χ0v) is 10.9. The van der Waals surface area contributed by atoms with Crippen LogP contribution in [0.3, 0.4) is 0 Å². The highest BCUT2D eigenvalue weighted by Gasteiger charge is 2.02. The molecule has 0 aromatic carbocycles. The zero-order chi connectivity index (χ0) is 12.0. The summed E-state index contributed by atoms with van der Waals surface area (Å²) in [6.45, 7) is 6.03. The van der Waals surface area contributed by atoms with Crippen LogP contribution in [-0.2, 0) is 4.79 Å². The van der Waals surface area contributed by atoms with Crippen molar-refractivity contribution in [3.8, 4) is 0 Å². The van der Waals surface area contributed by atoms with E-state index in [4.69, 9.17) is 0 Å². The lowest BCUT2D eigenvalue weighted by Crippen LogP contribution is -2.18. The first-order valence-electron chi connectivity index (χ1n) is 5.53. The molecule has 0 spiro atoms. The molecule has 1 N–H and O–H groups in total. The van der Waals surface area contributed by atoms with E-state index in [1.54, 1.807) is 11.3 Å². The predicted octanol–water partition coefficient (Wildman–Crippen LogP) is 3.09. The van der Waals surface area contributed by atoms with Crippen LogP contribution in [0.25, 0.3) is 0 Å². The lowest BCUT2D eigenvalue weighted by molar-refractivity contribution is -0.121. The van der Waals surface area contributed by atoms with Crippen molar-refractivity contribution in [3.63, 3.8) is 0 Å². The maximum absolute atomic E-state index is 11.3. The van der Waals surface area contributed by atoms with Crippen molar-refractivity contribution >= 4 is 23.0 Å². The van der Waals surface area contributed by atoms with E-state index in [0.717, 1.165) is 23.4 Å². The summed E-state index contributed by atoms with van der Waals surface area (Å²) < 4.78 is 0. The number of hydrogen-bond donors (Lipinski definition) is 1. The fourth-order valence-electron chi connectivity index (χ4n) is 1.22. The quantitative estimate of drug-likeness (QED) is 0.621. The summed E-state index contributed by atoms with van der Waals surface area (Å²) in [6.07, 6.45) is 2.50. The van der Waals surface area contributed by atoms with Crippen LogP contribution in [0.5, 0.6) is 0 Å². The molecule has 1 heterocycles. The number of nitrogens with zero attached hydrogens (tertiary/aromatic N) is 1. The molecule has 88 valence electrons. The van der Waals surface area contributed by atoms with Crippen molar-refractivity contribution in [2.45, 2.75) is 40.0 Å². The van der Waals surface area contributed by atoms with E-state index in [-0.39, 0.29) is 5.91 Å². The van der Waals surface area contributed by atoms with Gasteiger partial charge in [-0.3, -0.25) is 4.79 Å². The summed E-state index contributed by atoms with van der Waals surface area (Å²) in [4.78, 5) is 13.7. The van der Waals surface area contributed by atoms with Gasteiger partial charge in [0, 0.05) is 11.3 Å². The molecule has 3 nitrogen and oxygen atoms in total. The van der Waals surface area contributed by atoms with E-state index < -0.39 is 0 Å². The van der Waals surface area contributed by atoms with Crippen LogP contribution in [0.2, 0.25) is 0 Å². The number of carbonyl (C=O) groups is 1. The number of hydrogen-bond acceptors (Lipinski definition) is 3. The summed E-state index contributed by atoms with van der Waals surface area (Å²) in [5.41, 5.74) is 3.44. The molecule has 4 heteroatoms. The van der Waals surface area contributed by atoms with Crippen molar-refractivity contribution in [1.29, 1.82) is 0 Å². The maximum Gasteiger partial charge on any atom is 0.240 e. The molecule has 1 aromatic heterocycles. The summed E-state index contributed by atoms with van der Waals surface area (Å²) in [5.74, 6) is -0.00511. The molecular formula is C12H18N2OS. The fourth-order valence-corrected chi connectivity index (χ4v) is 2.04. The predicted molar refractivity (Wildman–Crippen MR) is 68.9 cm³/mol. The third-order valence-electron chi connectivity index (χ3n) is 2.20. The number of amides is 1. The molecule has 0 saturated heterocycles. The first-order chi connectivity index (χ1) is 7.63. The third kappa shape index (κ3) is 4.14. The topological polar surface area (TPSA) is 41.5 Å². The minimum Gasteiger partial charge on any atom is -0.273 e. The number of carbonyl (C=O) groups excluding carboxylic acids is 1. The second kappa shape index (κ2) is 6.43. The number of nitrogens with one attached hydrogen (secondary N) is 1. The zero-order valence-electron chi connectivity index (χ0n) is 10.0. The van der Waals surface area contributed by atoms with E-state index in [9.17, 15) is 4.79 Å². The van der Waals surface area contributed by atoms with Gasteiger partial charge in [0.1, 0.15) is 0 Å². The molecule has 0 unspecified atom stereocenters. The molecule has 0 aliphatic heterocycles. The fraction of sp³-hybridized carbons (Fsp3) is 0.500. The molecule has 1 rings (SSSR count). The van der Waals surface area contributed by atoms with E-state index in [0.29, 0.717) is 6.42 Å². The van der Waals surface area contributed by atoms with E-state index in [2.05, 4.69) is 30.4 Å². The highest BCUT2D eigenvalue weighted by molar-refractivity contribution is 7.14. The molecule has 0 aliphatic carbocycles.